The summed E-state index contributed by atoms with van der Waals surface area (Å²) in [7, 11) is 0. The van der Waals surface area contributed by atoms with Crippen LogP contribution in [0.15, 0.2) is 24.8 Å². The minimum atomic E-state index is -0.833. The van der Waals surface area contributed by atoms with Gasteiger partial charge in [0.05, 0.1) is 0 Å². The van der Waals surface area contributed by atoms with Gasteiger partial charge in [-0.15, -0.1) is 6.58 Å². The van der Waals surface area contributed by atoms with Crippen molar-refractivity contribution < 1.29 is 9.90 Å². The molecule has 0 saturated carbocycles. The molecule has 0 aromatic carbocycles. The monoisotopic (exact) mass is 282 g/mol. The summed E-state index contributed by atoms with van der Waals surface area (Å²) in [6.07, 6.45) is 21.5. The van der Waals surface area contributed by atoms with Crippen molar-refractivity contribution in [1.82, 2.24) is 0 Å². The Morgan fingerprint density at radius 2 is 1.30 bits per heavy atom. The first-order chi connectivity index (χ1) is 9.65. The summed E-state index contributed by atoms with van der Waals surface area (Å²) in [6.45, 7) is 7.08. The van der Waals surface area contributed by atoms with Gasteiger partial charge in [-0.05, 0) is 32.1 Å². The van der Waals surface area contributed by atoms with E-state index in [4.69, 9.17) is 9.90 Å². The van der Waals surface area contributed by atoms with E-state index in [1.807, 2.05) is 6.08 Å². The first-order valence-electron chi connectivity index (χ1n) is 8.10. The second-order valence-electron chi connectivity index (χ2n) is 5.12. The predicted molar refractivity (Wildman–Crippen MR) is 89.1 cm³/mol. The molecule has 0 spiro atoms. The molecule has 0 aliphatic rings. The highest BCUT2D eigenvalue weighted by molar-refractivity contribution is 5.62. The zero-order chi connectivity index (χ0) is 15.5. The fourth-order valence-electron chi connectivity index (χ4n) is 1.82. The quantitative estimate of drug-likeness (QED) is 0.345. The molecule has 0 heterocycles. The Morgan fingerprint density at radius 3 is 1.75 bits per heavy atom. The largest absolute Gasteiger partial charge is 0.481 e. The molecule has 2 heteroatoms. The van der Waals surface area contributed by atoms with Crippen molar-refractivity contribution in [2.45, 2.75) is 84.5 Å². The van der Waals surface area contributed by atoms with Crippen molar-refractivity contribution in [2.75, 3.05) is 0 Å². The fourth-order valence-corrected chi connectivity index (χ4v) is 1.82. The van der Waals surface area contributed by atoms with Gasteiger partial charge in [0.25, 0.3) is 5.97 Å². The number of unbranched alkanes of at least 4 members (excludes halogenated alkanes) is 9. The average molecular weight is 282 g/mol. The lowest BCUT2D eigenvalue weighted by molar-refractivity contribution is -0.134. The molecule has 0 saturated heterocycles. The number of aliphatic carboxylic acids is 1. The zero-order valence-corrected chi connectivity index (χ0v) is 13.6. The van der Waals surface area contributed by atoms with Crippen molar-refractivity contribution in [1.29, 1.82) is 0 Å². The van der Waals surface area contributed by atoms with Gasteiger partial charge in [-0.2, -0.15) is 0 Å². The van der Waals surface area contributed by atoms with Crippen LogP contribution in [0.5, 0.6) is 0 Å². The molecule has 0 atom stereocenters. The van der Waals surface area contributed by atoms with E-state index in [0.717, 1.165) is 6.92 Å². The maximum atomic E-state index is 9.00. The van der Waals surface area contributed by atoms with Gasteiger partial charge < -0.3 is 5.11 Å². The van der Waals surface area contributed by atoms with Crippen molar-refractivity contribution >= 4 is 5.97 Å². The summed E-state index contributed by atoms with van der Waals surface area (Å²) >= 11 is 0. The average Bonchev–Trinajstić information content (AvgIpc) is 2.39. The molecule has 0 rings (SSSR count). The minimum Gasteiger partial charge on any atom is -0.481 e. The van der Waals surface area contributed by atoms with Crippen LogP contribution in [0.25, 0.3) is 0 Å². The van der Waals surface area contributed by atoms with Gasteiger partial charge in [0.2, 0.25) is 0 Å². The zero-order valence-electron chi connectivity index (χ0n) is 13.6. The number of hydrogen-bond acceptors (Lipinski definition) is 1. The number of allylic oxidation sites excluding steroid dienone is 3. The summed E-state index contributed by atoms with van der Waals surface area (Å²) in [4.78, 5) is 9.00. The Morgan fingerprint density at radius 1 is 0.900 bits per heavy atom. The first kappa shape index (κ1) is 21.3. The smallest absolute Gasteiger partial charge is 0.300 e. The highest BCUT2D eigenvalue weighted by Gasteiger charge is 1.89. The van der Waals surface area contributed by atoms with Gasteiger partial charge in [-0.3, -0.25) is 4.79 Å². The van der Waals surface area contributed by atoms with Gasteiger partial charge >= 0.3 is 0 Å². The Kier molecular flexibility index (Phi) is 21.5. The minimum absolute atomic E-state index is 0.833. The van der Waals surface area contributed by atoms with Gasteiger partial charge in [0, 0.05) is 6.92 Å². The molecule has 0 amide bonds. The number of hydrogen-bond donors (Lipinski definition) is 1. The normalized spacial score (nSPS) is 10.1. The molecule has 2 nitrogen and oxygen atoms in total. The third-order valence-corrected chi connectivity index (χ3v) is 2.92. The van der Waals surface area contributed by atoms with E-state index in [1.165, 1.54) is 70.6 Å². The number of carboxylic acid groups (broad SMARTS) is 1. The molecule has 0 aromatic heterocycles. The molecule has 0 aliphatic carbocycles. The number of carbonyl (C=O) groups is 1. The molecular weight excluding hydrogens is 248 g/mol. The molecule has 0 radical (unpaired) electrons. The van der Waals surface area contributed by atoms with Crippen molar-refractivity contribution in [2.24, 2.45) is 0 Å². The third-order valence-electron chi connectivity index (χ3n) is 2.92. The van der Waals surface area contributed by atoms with Crippen LogP contribution in [0.3, 0.4) is 0 Å². The summed E-state index contributed by atoms with van der Waals surface area (Å²) in [5.41, 5.74) is 0. The number of carboxylic acids is 1. The highest BCUT2D eigenvalue weighted by atomic mass is 16.4. The molecule has 118 valence electrons. The van der Waals surface area contributed by atoms with Crippen molar-refractivity contribution in [3.63, 3.8) is 0 Å². The molecule has 0 bridgehead atoms. The lowest BCUT2D eigenvalue weighted by Crippen LogP contribution is -1.79. The Balaban J connectivity index is 0. The molecule has 0 unspecified atom stereocenters. The van der Waals surface area contributed by atoms with E-state index >= 15 is 0 Å². The molecule has 0 aromatic rings. The van der Waals surface area contributed by atoms with Crippen LogP contribution >= 0.6 is 0 Å². The maximum absolute atomic E-state index is 9.00. The van der Waals surface area contributed by atoms with Gasteiger partial charge in [0.15, 0.2) is 0 Å². The van der Waals surface area contributed by atoms with E-state index in [0.29, 0.717) is 0 Å². The molecule has 0 fully saturated rings. The van der Waals surface area contributed by atoms with Crippen LogP contribution < -0.4 is 0 Å². The van der Waals surface area contributed by atoms with Crippen LogP contribution in [0.4, 0.5) is 0 Å². The Hall–Kier alpha value is -1.05. The molecular formula is C18H34O2. The molecule has 0 aliphatic heterocycles. The summed E-state index contributed by atoms with van der Waals surface area (Å²) in [6, 6.07) is 0. The van der Waals surface area contributed by atoms with Gasteiger partial charge in [-0.25, -0.2) is 0 Å². The first-order valence-corrected chi connectivity index (χ1v) is 8.10. The topological polar surface area (TPSA) is 37.3 Å². The molecule has 1 N–H and O–H groups in total. The lowest BCUT2D eigenvalue weighted by atomic mass is 10.1. The fraction of sp³-hybridized carbons (Fsp3) is 0.722. The van der Waals surface area contributed by atoms with Crippen LogP contribution in [-0.4, -0.2) is 11.1 Å². The molecule has 20 heavy (non-hydrogen) atoms. The van der Waals surface area contributed by atoms with Gasteiger partial charge in [0.1, 0.15) is 0 Å². The SMILES string of the molecule is C=CCCCCCCCCC=CCCCC.CC(=O)O. The third kappa shape index (κ3) is 30.2. The van der Waals surface area contributed by atoms with Crippen LogP contribution in [0.1, 0.15) is 84.5 Å². The van der Waals surface area contributed by atoms with Crippen LogP contribution in [-0.2, 0) is 4.79 Å². The standard InChI is InChI=1S/C16H30.C2H4O2/c1-3-5-7-9-11-13-15-16-14-12-10-8-6-4-2;1-2(3)4/h3,10,12H,1,4-9,11,13-16H2,2H3;1H3,(H,3,4). The summed E-state index contributed by atoms with van der Waals surface area (Å²) < 4.78 is 0. The highest BCUT2D eigenvalue weighted by Crippen LogP contribution is 2.09. The van der Waals surface area contributed by atoms with E-state index < -0.39 is 5.97 Å². The van der Waals surface area contributed by atoms with E-state index in [1.54, 1.807) is 0 Å². The Bertz CT molecular complexity index is 228. The van der Waals surface area contributed by atoms with E-state index in [9.17, 15) is 0 Å². The second kappa shape index (κ2) is 20.3. The predicted octanol–water partition coefficient (Wildman–Crippen LogP) is 6.13. The Labute approximate surface area is 126 Å². The van der Waals surface area contributed by atoms with Gasteiger partial charge in [-0.1, -0.05) is 63.7 Å². The van der Waals surface area contributed by atoms with E-state index in [2.05, 4.69) is 25.7 Å². The maximum Gasteiger partial charge on any atom is 0.300 e. The second-order valence-corrected chi connectivity index (χ2v) is 5.12. The van der Waals surface area contributed by atoms with Crippen molar-refractivity contribution in [3.05, 3.63) is 24.8 Å². The summed E-state index contributed by atoms with van der Waals surface area (Å²) in [5.74, 6) is -0.833. The number of rotatable bonds is 12. The summed E-state index contributed by atoms with van der Waals surface area (Å²) in [5, 5.41) is 7.42. The van der Waals surface area contributed by atoms with Crippen LogP contribution in [0.2, 0.25) is 0 Å². The lowest BCUT2D eigenvalue weighted by Gasteiger charge is -1.99. The van der Waals surface area contributed by atoms with Crippen LogP contribution in [0, 0.1) is 0 Å². The van der Waals surface area contributed by atoms with Crippen molar-refractivity contribution in [3.8, 4) is 0 Å². The van der Waals surface area contributed by atoms with E-state index in [-0.39, 0.29) is 0 Å².